The highest BCUT2D eigenvalue weighted by Gasteiger charge is 2.23. The summed E-state index contributed by atoms with van der Waals surface area (Å²) in [6.45, 7) is 0. The second-order valence-electron chi connectivity index (χ2n) is 5.43. The maximum Gasteiger partial charge on any atom is 0.291 e. The van der Waals surface area contributed by atoms with Gasteiger partial charge in [0.25, 0.3) is 5.91 Å². The fourth-order valence-electron chi connectivity index (χ4n) is 2.33. The van der Waals surface area contributed by atoms with E-state index in [1.54, 1.807) is 18.2 Å². The zero-order chi connectivity index (χ0) is 18.7. The van der Waals surface area contributed by atoms with Crippen LogP contribution in [0.1, 0.15) is 16.1 Å². The van der Waals surface area contributed by atoms with Crippen LogP contribution in [0, 0.1) is 11.6 Å². The Morgan fingerprint density at radius 1 is 1.04 bits per heavy atom. The van der Waals surface area contributed by atoms with Gasteiger partial charge in [0, 0.05) is 11.6 Å². The molecule has 5 nitrogen and oxygen atoms in total. The van der Waals surface area contributed by atoms with Gasteiger partial charge in [0.05, 0.1) is 22.6 Å². The number of furan rings is 1. The van der Waals surface area contributed by atoms with Crippen molar-refractivity contribution < 1.29 is 26.4 Å². The minimum Gasteiger partial charge on any atom is -0.459 e. The second kappa shape index (κ2) is 7.09. The highest BCUT2D eigenvalue weighted by molar-refractivity contribution is 7.90. The van der Waals surface area contributed by atoms with Gasteiger partial charge in [0.15, 0.2) is 15.6 Å². The number of carbonyl (C=O) groups excluding carboxylic acids is 1. The molecule has 0 fully saturated rings. The molecule has 2 aromatic carbocycles. The van der Waals surface area contributed by atoms with Gasteiger partial charge in [-0.15, -0.1) is 0 Å². The average molecular weight is 377 g/mol. The van der Waals surface area contributed by atoms with E-state index < -0.39 is 33.1 Å². The van der Waals surface area contributed by atoms with Crippen molar-refractivity contribution in [3.8, 4) is 0 Å². The van der Waals surface area contributed by atoms with Gasteiger partial charge in [-0.1, -0.05) is 18.2 Å². The average Bonchev–Trinajstić information content (AvgIpc) is 3.05. The van der Waals surface area contributed by atoms with Gasteiger partial charge in [-0.3, -0.25) is 4.79 Å². The highest BCUT2D eigenvalue weighted by Crippen LogP contribution is 2.22. The first kappa shape index (κ1) is 17.8. The molecule has 0 saturated heterocycles. The molecular formula is C18H13F2NO4S. The van der Waals surface area contributed by atoms with Crippen molar-refractivity contribution in [1.82, 2.24) is 0 Å². The Balaban J connectivity index is 1.83. The molecule has 1 amide bonds. The molecule has 0 unspecified atom stereocenters. The first-order valence-corrected chi connectivity index (χ1v) is 9.12. The summed E-state index contributed by atoms with van der Waals surface area (Å²) >= 11 is 0. The Morgan fingerprint density at radius 3 is 2.46 bits per heavy atom. The lowest BCUT2D eigenvalue weighted by Gasteiger charge is -2.07. The Labute approximate surface area is 148 Å². The van der Waals surface area contributed by atoms with Crippen molar-refractivity contribution in [3.05, 3.63) is 83.8 Å². The molecule has 0 saturated carbocycles. The first-order chi connectivity index (χ1) is 12.4. The smallest absolute Gasteiger partial charge is 0.291 e. The summed E-state index contributed by atoms with van der Waals surface area (Å²) in [5.41, 5.74) is -0.112. The van der Waals surface area contributed by atoms with Gasteiger partial charge < -0.3 is 9.73 Å². The summed E-state index contributed by atoms with van der Waals surface area (Å²) < 4.78 is 56.6. The van der Waals surface area contributed by atoms with Crippen LogP contribution in [0.5, 0.6) is 0 Å². The van der Waals surface area contributed by atoms with E-state index in [4.69, 9.17) is 4.42 Å². The third-order valence-electron chi connectivity index (χ3n) is 3.58. The molecular weight excluding hydrogens is 364 g/mol. The molecule has 0 spiro atoms. The number of hydrogen-bond donors (Lipinski definition) is 1. The summed E-state index contributed by atoms with van der Waals surface area (Å²) in [6, 6.07) is 11.8. The van der Waals surface area contributed by atoms with Crippen LogP contribution in [0.3, 0.4) is 0 Å². The highest BCUT2D eigenvalue weighted by atomic mass is 32.2. The minimum absolute atomic E-state index is 0.108. The van der Waals surface area contributed by atoms with E-state index in [9.17, 15) is 22.0 Å². The Kier molecular flexibility index (Phi) is 4.85. The standard InChI is InChI=1S/C18H13F2NO4S/c19-13-6-7-16(15(20)10-13)21-18(22)17-12(8-9-25-17)11-26(23,24)14-4-2-1-3-5-14/h1-10H,11H2,(H,21,22). The zero-order valence-corrected chi connectivity index (χ0v) is 14.1. The Bertz CT molecular complexity index is 1050. The van der Waals surface area contributed by atoms with E-state index in [0.29, 0.717) is 6.07 Å². The Hall–Kier alpha value is -3.00. The van der Waals surface area contributed by atoms with Gasteiger partial charge >= 0.3 is 0 Å². The van der Waals surface area contributed by atoms with Gasteiger partial charge in [-0.25, -0.2) is 17.2 Å². The lowest BCUT2D eigenvalue weighted by molar-refractivity contribution is 0.0995. The largest absolute Gasteiger partial charge is 0.459 e. The number of sulfone groups is 1. The normalized spacial score (nSPS) is 11.3. The molecule has 1 aromatic heterocycles. The maximum atomic E-state index is 13.7. The quantitative estimate of drug-likeness (QED) is 0.734. The monoisotopic (exact) mass is 377 g/mol. The lowest BCUT2D eigenvalue weighted by Crippen LogP contribution is -2.15. The van der Waals surface area contributed by atoms with E-state index >= 15 is 0 Å². The number of benzene rings is 2. The number of hydrogen-bond acceptors (Lipinski definition) is 4. The molecule has 0 aliphatic heterocycles. The number of nitrogens with one attached hydrogen (secondary N) is 1. The van der Waals surface area contributed by atoms with E-state index in [1.165, 1.54) is 24.5 Å². The van der Waals surface area contributed by atoms with E-state index in [2.05, 4.69) is 5.32 Å². The minimum atomic E-state index is -3.69. The van der Waals surface area contributed by atoms with Crippen molar-refractivity contribution in [3.63, 3.8) is 0 Å². The van der Waals surface area contributed by atoms with Crippen LogP contribution in [0.25, 0.3) is 0 Å². The summed E-state index contributed by atoms with van der Waals surface area (Å²) in [5, 5.41) is 2.24. The first-order valence-electron chi connectivity index (χ1n) is 7.47. The molecule has 3 aromatic rings. The molecule has 1 N–H and O–H groups in total. The van der Waals surface area contributed by atoms with Gasteiger partial charge in [-0.2, -0.15) is 0 Å². The lowest BCUT2D eigenvalue weighted by atomic mass is 10.2. The van der Waals surface area contributed by atoms with Crippen LogP contribution in [-0.4, -0.2) is 14.3 Å². The maximum absolute atomic E-state index is 13.7. The number of anilines is 1. The van der Waals surface area contributed by atoms with Gasteiger partial charge in [0.2, 0.25) is 0 Å². The molecule has 0 atom stereocenters. The fourth-order valence-corrected chi connectivity index (χ4v) is 3.71. The van der Waals surface area contributed by atoms with Crippen molar-refractivity contribution in [1.29, 1.82) is 0 Å². The van der Waals surface area contributed by atoms with E-state index in [-0.39, 0.29) is 21.9 Å². The topological polar surface area (TPSA) is 76.4 Å². The van der Waals surface area contributed by atoms with Crippen molar-refractivity contribution in [2.75, 3.05) is 5.32 Å². The van der Waals surface area contributed by atoms with Crippen LogP contribution in [0.2, 0.25) is 0 Å². The van der Waals surface area contributed by atoms with Crippen LogP contribution in [0.15, 0.2) is 70.2 Å². The number of halogens is 2. The van der Waals surface area contributed by atoms with Gasteiger partial charge in [-0.05, 0) is 30.3 Å². The molecule has 0 aliphatic carbocycles. The number of rotatable bonds is 5. The summed E-state index contributed by atoms with van der Waals surface area (Å²) in [5.74, 6) is -3.29. The molecule has 0 radical (unpaired) electrons. The summed E-state index contributed by atoms with van der Waals surface area (Å²) in [6.07, 6.45) is 1.17. The molecule has 1 heterocycles. The third-order valence-corrected chi connectivity index (χ3v) is 5.26. The molecule has 26 heavy (non-hydrogen) atoms. The van der Waals surface area contributed by atoms with Gasteiger partial charge in [0.1, 0.15) is 11.6 Å². The summed E-state index contributed by atoms with van der Waals surface area (Å²) in [4.78, 5) is 12.4. The van der Waals surface area contributed by atoms with Crippen LogP contribution in [0.4, 0.5) is 14.5 Å². The number of amides is 1. The molecule has 134 valence electrons. The molecule has 8 heteroatoms. The zero-order valence-electron chi connectivity index (χ0n) is 13.3. The van der Waals surface area contributed by atoms with Crippen molar-refractivity contribution >= 4 is 21.4 Å². The molecule has 3 rings (SSSR count). The SMILES string of the molecule is O=C(Nc1ccc(F)cc1F)c1occc1CS(=O)(=O)c1ccccc1. The molecule has 0 aliphatic rings. The predicted molar refractivity (Wildman–Crippen MR) is 90.4 cm³/mol. The predicted octanol–water partition coefficient (Wildman–Crippen LogP) is 3.78. The van der Waals surface area contributed by atoms with E-state index in [0.717, 1.165) is 12.1 Å². The van der Waals surface area contributed by atoms with Crippen LogP contribution >= 0.6 is 0 Å². The van der Waals surface area contributed by atoms with Crippen LogP contribution in [-0.2, 0) is 15.6 Å². The van der Waals surface area contributed by atoms with Crippen molar-refractivity contribution in [2.45, 2.75) is 10.6 Å². The second-order valence-corrected chi connectivity index (χ2v) is 7.41. The van der Waals surface area contributed by atoms with E-state index in [1.807, 2.05) is 0 Å². The molecule has 0 bridgehead atoms. The van der Waals surface area contributed by atoms with Crippen molar-refractivity contribution in [2.24, 2.45) is 0 Å². The summed E-state index contributed by atoms with van der Waals surface area (Å²) in [7, 11) is -3.69. The number of carbonyl (C=O) groups is 1. The Morgan fingerprint density at radius 2 is 1.77 bits per heavy atom. The fraction of sp³-hybridized carbons (Fsp3) is 0.0556. The third kappa shape index (κ3) is 3.80. The van der Waals surface area contributed by atoms with Crippen LogP contribution < -0.4 is 5.32 Å².